The van der Waals surface area contributed by atoms with Crippen LogP contribution in [0.25, 0.3) is 0 Å². The lowest BCUT2D eigenvalue weighted by Crippen LogP contribution is -2.29. The molecule has 1 aromatic rings. The molecule has 0 aliphatic heterocycles. The van der Waals surface area contributed by atoms with Gasteiger partial charge in [-0.1, -0.05) is 23.2 Å². The van der Waals surface area contributed by atoms with Crippen LogP contribution in [-0.4, -0.2) is 37.1 Å². The maximum Gasteiger partial charge on any atom is 0.307 e. The molecule has 0 atom stereocenters. The van der Waals surface area contributed by atoms with Gasteiger partial charge in [0.2, 0.25) is 10.0 Å². The lowest BCUT2D eigenvalue weighted by atomic mass is 10.3. The van der Waals surface area contributed by atoms with Crippen LogP contribution in [0.15, 0.2) is 17.0 Å². The zero-order valence-electron chi connectivity index (χ0n) is 9.64. The number of benzene rings is 1. The largest absolute Gasteiger partial charge is 0.307 e. The van der Waals surface area contributed by atoms with Crippen LogP contribution >= 0.6 is 34.8 Å². The van der Waals surface area contributed by atoms with E-state index in [1.807, 2.05) is 0 Å². The minimum absolute atomic E-state index is 0.0522. The Hall–Kier alpha value is -0.600. The second-order valence-electron chi connectivity index (χ2n) is 3.48. The van der Waals surface area contributed by atoms with Crippen molar-refractivity contribution in [2.75, 3.05) is 19.5 Å². The number of halogens is 3. The maximum absolute atomic E-state index is 12.1. The molecule has 0 saturated heterocycles. The predicted molar refractivity (Wildman–Crippen MR) is 73.7 cm³/mol. The number of nitrogens with zero attached hydrogens (tertiary/aromatic N) is 2. The molecule has 0 aliphatic rings. The number of sulfonamides is 1. The van der Waals surface area contributed by atoms with Crippen LogP contribution in [0, 0.1) is 10.1 Å². The van der Waals surface area contributed by atoms with E-state index in [0.717, 1.165) is 16.4 Å². The van der Waals surface area contributed by atoms with Gasteiger partial charge in [0.25, 0.3) is 0 Å². The monoisotopic (exact) mass is 346 g/mol. The zero-order chi connectivity index (χ0) is 14.8. The number of rotatable bonds is 5. The molecule has 0 amide bonds. The molecule has 0 aromatic heterocycles. The van der Waals surface area contributed by atoms with Gasteiger partial charge in [-0.2, -0.15) is 4.31 Å². The summed E-state index contributed by atoms with van der Waals surface area (Å²) >= 11 is 16.9. The summed E-state index contributed by atoms with van der Waals surface area (Å²) in [5.41, 5.74) is -0.635. The van der Waals surface area contributed by atoms with Gasteiger partial charge >= 0.3 is 5.69 Å². The average Bonchev–Trinajstić information content (AvgIpc) is 2.28. The van der Waals surface area contributed by atoms with Crippen LogP contribution in [-0.2, 0) is 10.0 Å². The van der Waals surface area contributed by atoms with Gasteiger partial charge in [0.1, 0.15) is 14.9 Å². The molecule has 6 nitrogen and oxygen atoms in total. The molecule has 0 N–H and O–H groups in total. The summed E-state index contributed by atoms with van der Waals surface area (Å²) in [7, 11) is -2.65. The first-order valence-corrected chi connectivity index (χ1v) is 7.61. The van der Waals surface area contributed by atoms with Crippen LogP contribution in [0.1, 0.15) is 0 Å². The van der Waals surface area contributed by atoms with Gasteiger partial charge in [-0.25, -0.2) is 8.42 Å². The van der Waals surface area contributed by atoms with E-state index in [-0.39, 0.29) is 22.3 Å². The van der Waals surface area contributed by atoms with E-state index in [1.54, 1.807) is 0 Å². The fraction of sp³-hybridized carbons (Fsp3) is 0.333. The highest BCUT2D eigenvalue weighted by Gasteiger charge is 2.30. The Bertz CT molecular complexity index is 606. The minimum atomic E-state index is -3.95. The summed E-state index contributed by atoms with van der Waals surface area (Å²) in [6, 6.07) is 2.24. The molecular weight excluding hydrogens is 339 g/mol. The zero-order valence-corrected chi connectivity index (χ0v) is 12.7. The molecule has 0 bridgehead atoms. The van der Waals surface area contributed by atoms with E-state index >= 15 is 0 Å². The van der Waals surface area contributed by atoms with Crippen molar-refractivity contribution < 1.29 is 13.3 Å². The molecule has 0 heterocycles. The molecule has 0 spiro atoms. The summed E-state index contributed by atoms with van der Waals surface area (Å²) in [6.45, 7) is 0.0522. The highest BCUT2D eigenvalue weighted by molar-refractivity contribution is 7.89. The van der Waals surface area contributed by atoms with Crippen LogP contribution in [0.4, 0.5) is 5.69 Å². The van der Waals surface area contributed by atoms with Gasteiger partial charge < -0.3 is 0 Å². The number of nitro benzene ring substituents is 1. The van der Waals surface area contributed by atoms with E-state index in [1.165, 1.54) is 7.05 Å². The SMILES string of the molecule is CN(CCCl)S(=O)(=O)c1ccc(Cl)c([N+](=O)[O-])c1Cl. The van der Waals surface area contributed by atoms with Gasteiger partial charge in [0, 0.05) is 19.5 Å². The van der Waals surface area contributed by atoms with Crippen molar-refractivity contribution >= 4 is 50.5 Å². The fourth-order valence-electron chi connectivity index (χ4n) is 1.30. The van der Waals surface area contributed by atoms with E-state index in [9.17, 15) is 18.5 Å². The van der Waals surface area contributed by atoms with E-state index in [4.69, 9.17) is 34.8 Å². The number of hydrogen-bond acceptors (Lipinski definition) is 4. The summed E-state index contributed by atoms with van der Waals surface area (Å²) in [6.07, 6.45) is 0. The molecule has 10 heteroatoms. The summed E-state index contributed by atoms with van der Waals surface area (Å²) in [5.74, 6) is 0.0863. The topological polar surface area (TPSA) is 80.5 Å². The lowest BCUT2D eigenvalue weighted by molar-refractivity contribution is -0.384. The molecule has 106 valence electrons. The Morgan fingerprint density at radius 2 is 1.95 bits per heavy atom. The van der Waals surface area contributed by atoms with Crippen molar-refractivity contribution in [1.29, 1.82) is 0 Å². The number of alkyl halides is 1. The number of nitro groups is 1. The predicted octanol–water partition coefficient (Wildman–Crippen LogP) is 2.76. The van der Waals surface area contributed by atoms with Crippen molar-refractivity contribution in [2.24, 2.45) is 0 Å². The van der Waals surface area contributed by atoms with Crippen molar-refractivity contribution in [2.45, 2.75) is 4.90 Å². The Morgan fingerprint density at radius 1 is 1.37 bits per heavy atom. The molecule has 0 fully saturated rings. The smallest absolute Gasteiger partial charge is 0.258 e. The highest BCUT2D eigenvalue weighted by Crippen LogP contribution is 2.37. The van der Waals surface area contributed by atoms with Crippen molar-refractivity contribution in [3.05, 3.63) is 32.3 Å². The van der Waals surface area contributed by atoms with Gasteiger partial charge in [0.05, 0.1) is 4.92 Å². The Kier molecular flexibility index (Phi) is 5.40. The van der Waals surface area contributed by atoms with E-state index in [2.05, 4.69) is 0 Å². The number of hydrogen-bond donors (Lipinski definition) is 0. The van der Waals surface area contributed by atoms with Gasteiger partial charge in [0.15, 0.2) is 0 Å². The second-order valence-corrected chi connectivity index (χ2v) is 6.66. The van der Waals surface area contributed by atoms with Crippen LogP contribution in [0.5, 0.6) is 0 Å². The van der Waals surface area contributed by atoms with Crippen molar-refractivity contribution in [1.82, 2.24) is 4.31 Å². The molecule has 0 unspecified atom stereocenters. The van der Waals surface area contributed by atoms with E-state index < -0.39 is 25.7 Å². The third kappa shape index (κ3) is 3.29. The molecule has 0 saturated carbocycles. The molecule has 0 aliphatic carbocycles. The van der Waals surface area contributed by atoms with Gasteiger partial charge in [-0.3, -0.25) is 10.1 Å². The molecule has 0 radical (unpaired) electrons. The van der Waals surface area contributed by atoms with Crippen LogP contribution in [0.2, 0.25) is 10.0 Å². The lowest BCUT2D eigenvalue weighted by Gasteiger charge is -2.16. The second kappa shape index (κ2) is 6.23. The first-order valence-electron chi connectivity index (χ1n) is 4.88. The summed E-state index contributed by atoms with van der Waals surface area (Å²) < 4.78 is 25.2. The molecule has 1 rings (SSSR count). The summed E-state index contributed by atoms with van der Waals surface area (Å²) in [4.78, 5) is 9.62. The minimum Gasteiger partial charge on any atom is -0.258 e. The molecular formula is C9H9Cl3N2O4S. The molecule has 1 aromatic carbocycles. The molecule has 19 heavy (non-hydrogen) atoms. The maximum atomic E-state index is 12.1. The average molecular weight is 348 g/mol. The first kappa shape index (κ1) is 16.5. The van der Waals surface area contributed by atoms with E-state index in [0.29, 0.717) is 0 Å². The third-order valence-electron chi connectivity index (χ3n) is 2.30. The first-order chi connectivity index (χ1) is 8.73. The summed E-state index contributed by atoms with van der Waals surface area (Å²) in [5, 5.41) is 10.1. The fourth-order valence-corrected chi connectivity index (χ4v) is 3.68. The van der Waals surface area contributed by atoms with Crippen LogP contribution in [0.3, 0.4) is 0 Å². The van der Waals surface area contributed by atoms with Crippen LogP contribution < -0.4 is 0 Å². The normalized spacial score (nSPS) is 11.8. The Balaban J connectivity index is 3.45. The standard InChI is InChI=1S/C9H9Cl3N2O4S/c1-13(5-4-10)19(17,18)7-3-2-6(11)9(8(7)12)14(15)16/h2-3H,4-5H2,1H3. The van der Waals surface area contributed by atoms with Crippen molar-refractivity contribution in [3.8, 4) is 0 Å². The quantitative estimate of drug-likeness (QED) is 0.466. The third-order valence-corrected chi connectivity index (χ3v) is 5.17. The van der Waals surface area contributed by atoms with Gasteiger partial charge in [-0.15, -0.1) is 11.6 Å². The highest BCUT2D eigenvalue weighted by atomic mass is 35.5. The van der Waals surface area contributed by atoms with Crippen molar-refractivity contribution in [3.63, 3.8) is 0 Å². The Labute approximate surface area is 125 Å². The Morgan fingerprint density at radius 3 is 2.42 bits per heavy atom. The van der Waals surface area contributed by atoms with Gasteiger partial charge in [-0.05, 0) is 12.1 Å².